The first-order chi connectivity index (χ1) is 13.9. The summed E-state index contributed by atoms with van der Waals surface area (Å²) < 4.78 is 45.7. The molecule has 1 heterocycles. The fourth-order valence-corrected chi connectivity index (χ4v) is 3.74. The van der Waals surface area contributed by atoms with Crippen molar-refractivity contribution >= 4 is 17.7 Å². The fraction of sp³-hybridized carbons (Fsp3) is 0.636. The van der Waals surface area contributed by atoms with Gasteiger partial charge in [-0.05, 0) is 71.1 Å². The maximum Gasteiger partial charge on any atom is 0.416 e. The van der Waals surface area contributed by atoms with Crippen LogP contribution in [0.5, 0.6) is 0 Å². The number of nitrogens with zero attached hydrogens (tertiary/aromatic N) is 2. The highest BCUT2D eigenvalue weighted by atomic mass is 19.4. The van der Waals surface area contributed by atoms with Gasteiger partial charge in [0.05, 0.1) is 5.56 Å². The zero-order valence-corrected chi connectivity index (χ0v) is 17.9. The standard InChI is InChI=1S/C22H29F3N2O3/c1-14-5-8-17(13-18(14)22(23,24)25)27(19(28)15-6-7-15)16-9-11-26(12-10-16)20(29)30-21(2,3)4/h5,8,13,15-16H,6-7,9-12H2,1-4H3. The van der Waals surface area contributed by atoms with Crippen molar-refractivity contribution in [3.63, 3.8) is 0 Å². The summed E-state index contributed by atoms with van der Waals surface area (Å²) in [4.78, 5) is 28.4. The molecule has 30 heavy (non-hydrogen) atoms. The first-order valence-electron chi connectivity index (χ1n) is 10.4. The number of amides is 2. The van der Waals surface area contributed by atoms with E-state index in [4.69, 9.17) is 4.74 Å². The largest absolute Gasteiger partial charge is 0.444 e. The molecule has 0 spiro atoms. The molecule has 0 aromatic heterocycles. The molecule has 1 aromatic rings. The fourth-order valence-electron chi connectivity index (χ4n) is 3.74. The Kier molecular flexibility index (Phi) is 6.07. The Labute approximate surface area is 175 Å². The van der Waals surface area contributed by atoms with Gasteiger partial charge in [-0.25, -0.2) is 4.79 Å². The predicted octanol–water partition coefficient (Wildman–Crippen LogP) is 5.16. The van der Waals surface area contributed by atoms with Crippen LogP contribution in [-0.4, -0.2) is 41.6 Å². The van der Waals surface area contributed by atoms with Crippen molar-refractivity contribution in [1.29, 1.82) is 0 Å². The van der Waals surface area contributed by atoms with E-state index in [2.05, 4.69) is 0 Å². The molecule has 0 unspecified atom stereocenters. The van der Waals surface area contributed by atoms with Gasteiger partial charge in [0.25, 0.3) is 0 Å². The molecule has 1 saturated heterocycles. The molecule has 8 heteroatoms. The zero-order chi connectivity index (χ0) is 22.3. The second-order valence-corrected chi connectivity index (χ2v) is 9.18. The summed E-state index contributed by atoms with van der Waals surface area (Å²) in [6.07, 6.45) is -2.36. The van der Waals surface area contributed by atoms with Crippen molar-refractivity contribution in [3.05, 3.63) is 29.3 Å². The van der Waals surface area contributed by atoms with Crippen molar-refractivity contribution in [2.45, 2.75) is 71.2 Å². The molecular weight excluding hydrogens is 397 g/mol. The second kappa shape index (κ2) is 8.12. The molecule has 0 bridgehead atoms. The normalized spacial score (nSPS) is 18.3. The molecule has 1 aliphatic carbocycles. The lowest BCUT2D eigenvalue weighted by Crippen LogP contribution is -2.50. The Morgan fingerprint density at radius 3 is 2.17 bits per heavy atom. The van der Waals surface area contributed by atoms with E-state index in [-0.39, 0.29) is 29.1 Å². The van der Waals surface area contributed by atoms with Crippen LogP contribution >= 0.6 is 0 Å². The molecule has 0 atom stereocenters. The Hall–Kier alpha value is -2.25. The molecule has 1 saturated carbocycles. The molecule has 0 radical (unpaired) electrons. The molecular formula is C22H29F3N2O3. The molecule has 3 rings (SSSR count). The van der Waals surface area contributed by atoms with Gasteiger partial charge >= 0.3 is 12.3 Å². The van der Waals surface area contributed by atoms with E-state index in [1.807, 2.05) is 0 Å². The number of anilines is 1. The van der Waals surface area contributed by atoms with E-state index in [1.165, 1.54) is 13.0 Å². The SMILES string of the molecule is Cc1ccc(N(C(=O)C2CC2)C2CCN(C(=O)OC(C)(C)C)CC2)cc1C(F)(F)F. The van der Waals surface area contributed by atoms with Crippen molar-refractivity contribution in [3.8, 4) is 0 Å². The van der Waals surface area contributed by atoms with Gasteiger partial charge in [0.1, 0.15) is 5.60 Å². The first-order valence-corrected chi connectivity index (χ1v) is 10.4. The molecule has 0 N–H and O–H groups in total. The Morgan fingerprint density at radius 2 is 1.67 bits per heavy atom. The number of carbonyl (C=O) groups is 2. The quantitative estimate of drug-likeness (QED) is 0.671. The Balaban J connectivity index is 1.80. The van der Waals surface area contributed by atoms with Gasteiger partial charge in [-0.15, -0.1) is 0 Å². The van der Waals surface area contributed by atoms with Crippen molar-refractivity contribution < 1.29 is 27.5 Å². The number of hydrogen-bond donors (Lipinski definition) is 0. The lowest BCUT2D eigenvalue weighted by Gasteiger charge is -2.39. The van der Waals surface area contributed by atoms with Crippen LogP contribution in [0.1, 0.15) is 57.6 Å². The van der Waals surface area contributed by atoms with Gasteiger partial charge in [-0.1, -0.05) is 6.07 Å². The van der Waals surface area contributed by atoms with Crippen molar-refractivity contribution in [2.75, 3.05) is 18.0 Å². The van der Waals surface area contributed by atoms with E-state index in [9.17, 15) is 22.8 Å². The highest BCUT2D eigenvalue weighted by Gasteiger charge is 2.40. The van der Waals surface area contributed by atoms with Crippen LogP contribution < -0.4 is 4.90 Å². The lowest BCUT2D eigenvalue weighted by atomic mass is 10.00. The third-order valence-electron chi connectivity index (χ3n) is 5.45. The van der Waals surface area contributed by atoms with Crippen LogP contribution in [0.2, 0.25) is 0 Å². The van der Waals surface area contributed by atoms with Crippen LogP contribution in [0.15, 0.2) is 18.2 Å². The molecule has 2 amide bonds. The number of halogens is 3. The minimum Gasteiger partial charge on any atom is -0.444 e. The Bertz CT molecular complexity index is 805. The maximum absolute atomic E-state index is 13.4. The van der Waals surface area contributed by atoms with Gasteiger partial charge in [-0.2, -0.15) is 13.2 Å². The average Bonchev–Trinajstić information content (AvgIpc) is 3.46. The average molecular weight is 426 g/mol. The summed E-state index contributed by atoms with van der Waals surface area (Å²) in [7, 11) is 0. The number of piperidine rings is 1. The Morgan fingerprint density at radius 1 is 1.07 bits per heavy atom. The van der Waals surface area contributed by atoms with Gasteiger partial charge in [0.2, 0.25) is 5.91 Å². The number of rotatable bonds is 3. The molecule has 166 valence electrons. The highest BCUT2D eigenvalue weighted by Crippen LogP contribution is 2.38. The van der Waals surface area contributed by atoms with Gasteiger partial charge in [-0.3, -0.25) is 4.79 Å². The lowest BCUT2D eigenvalue weighted by molar-refractivity contribution is -0.138. The van der Waals surface area contributed by atoms with E-state index < -0.39 is 23.4 Å². The first kappa shape index (κ1) is 22.4. The summed E-state index contributed by atoms with van der Waals surface area (Å²) >= 11 is 0. The van der Waals surface area contributed by atoms with Crippen LogP contribution in [0.4, 0.5) is 23.7 Å². The predicted molar refractivity (Wildman–Crippen MR) is 107 cm³/mol. The third kappa shape index (κ3) is 5.26. The van der Waals surface area contributed by atoms with Crippen molar-refractivity contribution in [2.24, 2.45) is 5.92 Å². The smallest absolute Gasteiger partial charge is 0.416 e. The molecule has 1 aromatic carbocycles. The monoisotopic (exact) mass is 426 g/mol. The van der Waals surface area contributed by atoms with Gasteiger partial charge in [0.15, 0.2) is 0 Å². The minimum atomic E-state index is -4.48. The van der Waals surface area contributed by atoms with E-state index in [0.29, 0.717) is 25.9 Å². The number of ether oxygens (including phenoxy) is 1. The molecule has 2 fully saturated rings. The topological polar surface area (TPSA) is 49.9 Å². The summed E-state index contributed by atoms with van der Waals surface area (Å²) in [5.74, 6) is -0.243. The van der Waals surface area contributed by atoms with E-state index >= 15 is 0 Å². The highest BCUT2D eigenvalue weighted by molar-refractivity contribution is 5.97. The number of benzene rings is 1. The van der Waals surface area contributed by atoms with Crippen LogP contribution in [0.3, 0.4) is 0 Å². The van der Waals surface area contributed by atoms with E-state index in [1.54, 1.807) is 36.6 Å². The van der Waals surface area contributed by atoms with Gasteiger partial charge in [0, 0.05) is 30.7 Å². The number of carbonyl (C=O) groups excluding carboxylic acids is 2. The number of likely N-dealkylation sites (tertiary alicyclic amines) is 1. The number of aryl methyl sites for hydroxylation is 1. The van der Waals surface area contributed by atoms with Crippen molar-refractivity contribution in [1.82, 2.24) is 4.90 Å². The van der Waals surface area contributed by atoms with E-state index in [0.717, 1.165) is 18.9 Å². The summed E-state index contributed by atoms with van der Waals surface area (Å²) in [5, 5.41) is 0. The number of hydrogen-bond acceptors (Lipinski definition) is 3. The van der Waals surface area contributed by atoms with Crippen LogP contribution in [0.25, 0.3) is 0 Å². The summed E-state index contributed by atoms with van der Waals surface area (Å²) in [5.41, 5.74) is -0.914. The number of alkyl halides is 3. The summed E-state index contributed by atoms with van der Waals surface area (Å²) in [6, 6.07) is 3.84. The van der Waals surface area contributed by atoms with Crippen LogP contribution in [-0.2, 0) is 15.7 Å². The zero-order valence-electron chi connectivity index (χ0n) is 17.9. The maximum atomic E-state index is 13.4. The molecule has 1 aliphatic heterocycles. The molecule has 2 aliphatic rings. The molecule has 5 nitrogen and oxygen atoms in total. The van der Waals surface area contributed by atoms with Crippen LogP contribution in [0, 0.1) is 12.8 Å². The minimum absolute atomic E-state index is 0.121. The van der Waals surface area contributed by atoms with Gasteiger partial charge < -0.3 is 14.5 Å². The summed E-state index contributed by atoms with van der Waals surface area (Å²) in [6.45, 7) is 7.59. The second-order valence-electron chi connectivity index (χ2n) is 9.18. The third-order valence-corrected chi connectivity index (χ3v) is 5.45.